The number of hydrogen-bond acceptors (Lipinski definition) is 4. The van der Waals surface area contributed by atoms with Gasteiger partial charge in [-0.1, -0.05) is 37.1 Å². The lowest BCUT2D eigenvalue weighted by molar-refractivity contribution is -0.115. The minimum atomic E-state index is -0.0699. The second kappa shape index (κ2) is 13.0. The third-order valence-electron chi connectivity index (χ3n) is 4.27. The van der Waals surface area contributed by atoms with E-state index < -0.39 is 0 Å². The Morgan fingerprint density at radius 3 is 1.37 bits per heavy atom. The summed E-state index contributed by atoms with van der Waals surface area (Å²) in [5.74, 6) is -0.140. The molecule has 0 saturated heterocycles. The van der Waals surface area contributed by atoms with Crippen molar-refractivity contribution in [2.45, 2.75) is 39.5 Å². The topological polar surface area (TPSA) is 82.9 Å². The number of rotatable bonds is 11. The van der Waals surface area contributed by atoms with Gasteiger partial charge in [-0.05, 0) is 48.2 Å². The molecule has 0 unspecified atom stereocenters. The fourth-order valence-corrected chi connectivity index (χ4v) is 2.81. The van der Waals surface area contributed by atoms with Gasteiger partial charge in [0.1, 0.15) is 0 Å². The fraction of sp³-hybridized carbons (Fsp3) is 0.333. The largest absolute Gasteiger partial charge is 0.326 e. The van der Waals surface area contributed by atoms with E-state index in [0.29, 0.717) is 0 Å². The predicted octanol–water partition coefficient (Wildman–Crippen LogP) is 4.70. The monoisotopic (exact) mass is 406 g/mol. The zero-order valence-corrected chi connectivity index (χ0v) is 17.7. The molecule has 0 saturated carbocycles. The van der Waals surface area contributed by atoms with Crippen LogP contribution in [0.5, 0.6) is 0 Å². The maximum absolute atomic E-state index is 11.0. The summed E-state index contributed by atoms with van der Waals surface area (Å²) in [5.41, 5.74) is 3.65. The Morgan fingerprint density at radius 2 is 1.03 bits per heavy atom. The average Bonchev–Trinajstić information content (AvgIpc) is 2.71. The van der Waals surface area contributed by atoms with E-state index in [0.717, 1.165) is 61.3 Å². The Balaban J connectivity index is 1.54. The van der Waals surface area contributed by atoms with Gasteiger partial charge < -0.3 is 10.6 Å². The van der Waals surface area contributed by atoms with E-state index in [-0.39, 0.29) is 11.8 Å². The first-order chi connectivity index (χ1) is 14.5. The van der Waals surface area contributed by atoms with Crippen LogP contribution in [0, 0.1) is 0 Å². The first-order valence-corrected chi connectivity index (χ1v) is 10.3. The van der Waals surface area contributed by atoms with Gasteiger partial charge in [0.05, 0.1) is 0 Å². The molecule has 0 aliphatic heterocycles. The number of carbonyl (C=O) groups is 2. The number of amides is 2. The molecule has 0 spiro atoms. The number of unbranched alkanes of at least 4 members (excludes halogenated alkanes) is 3. The number of nitrogens with zero attached hydrogens (tertiary/aromatic N) is 2. The average molecular weight is 407 g/mol. The number of anilines is 2. The number of aliphatic imine (C=N–C) groups is 2. The van der Waals surface area contributed by atoms with E-state index in [1.54, 1.807) is 0 Å². The third kappa shape index (κ3) is 9.78. The summed E-state index contributed by atoms with van der Waals surface area (Å²) in [6.45, 7) is 4.63. The maximum atomic E-state index is 11.0. The third-order valence-corrected chi connectivity index (χ3v) is 4.27. The highest BCUT2D eigenvalue weighted by Crippen LogP contribution is 2.09. The summed E-state index contributed by atoms with van der Waals surface area (Å²) < 4.78 is 0. The van der Waals surface area contributed by atoms with E-state index >= 15 is 0 Å². The van der Waals surface area contributed by atoms with Crippen LogP contribution in [0.2, 0.25) is 0 Å². The molecule has 30 heavy (non-hydrogen) atoms. The maximum Gasteiger partial charge on any atom is 0.221 e. The van der Waals surface area contributed by atoms with Crippen LogP contribution in [0.25, 0.3) is 0 Å². The molecule has 0 aromatic heterocycles. The van der Waals surface area contributed by atoms with Gasteiger partial charge in [0.2, 0.25) is 11.8 Å². The van der Waals surface area contributed by atoms with E-state index in [1.165, 1.54) is 13.8 Å². The highest BCUT2D eigenvalue weighted by Gasteiger charge is 1.96. The van der Waals surface area contributed by atoms with E-state index in [9.17, 15) is 9.59 Å². The number of benzene rings is 2. The zero-order chi connectivity index (χ0) is 21.6. The fourth-order valence-electron chi connectivity index (χ4n) is 2.81. The van der Waals surface area contributed by atoms with Crippen LogP contribution < -0.4 is 10.6 Å². The minimum absolute atomic E-state index is 0.0699. The van der Waals surface area contributed by atoms with Crippen LogP contribution in [-0.2, 0) is 9.59 Å². The molecule has 0 atom stereocenters. The standard InChI is InChI=1S/C24H30N4O2/c1-19(29)27-23-11-7-21(8-12-23)17-25-15-5-3-4-6-16-26-18-22-9-13-24(14-10-22)28-20(2)30/h7-14,17-18H,3-6,15-16H2,1-2H3,(H,27,29)(H,28,30). The van der Waals surface area contributed by atoms with Gasteiger partial charge >= 0.3 is 0 Å². The summed E-state index contributed by atoms with van der Waals surface area (Å²) in [6, 6.07) is 15.3. The molecule has 6 nitrogen and oxygen atoms in total. The van der Waals surface area contributed by atoms with Crippen LogP contribution in [0.3, 0.4) is 0 Å². The zero-order valence-electron chi connectivity index (χ0n) is 17.7. The molecule has 158 valence electrons. The predicted molar refractivity (Wildman–Crippen MR) is 125 cm³/mol. The lowest BCUT2D eigenvalue weighted by Gasteiger charge is -2.02. The Hall–Kier alpha value is -3.28. The van der Waals surface area contributed by atoms with E-state index in [2.05, 4.69) is 20.6 Å². The van der Waals surface area contributed by atoms with Crippen molar-refractivity contribution < 1.29 is 9.59 Å². The second-order valence-electron chi connectivity index (χ2n) is 7.09. The molecule has 0 aliphatic carbocycles. The normalized spacial score (nSPS) is 11.1. The summed E-state index contributed by atoms with van der Waals surface area (Å²) in [7, 11) is 0. The molecule has 0 radical (unpaired) electrons. The van der Waals surface area contributed by atoms with Gasteiger partial charge in [-0.3, -0.25) is 19.6 Å². The number of nitrogens with one attached hydrogen (secondary N) is 2. The van der Waals surface area contributed by atoms with E-state index in [4.69, 9.17) is 0 Å². The van der Waals surface area contributed by atoms with Crippen molar-refractivity contribution in [3.05, 3.63) is 59.7 Å². The minimum Gasteiger partial charge on any atom is -0.326 e. The smallest absolute Gasteiger partial charge is 0.221 e. The number of carbonyl (C=O) groups excluding carboxylic acids is 2. The first kappa shape index (κ1) is 23.0. The van der Waals surface area contributed by atoms with Gasteiger partial charge in [-0.2, -0.15) is 0 Å². The Morgan fingerprint density at radius 1 is 0.667 bits per heavy atom. The Kier molecular flexibility index (Phi) is 10.00. The molecule has 0 bridgehead atoms. The highest BCUT2D eigenvalue weighted by atomic mass is 16.2. The molecule has 2 aromatic rings. The van der Waals surface area contributed by atoms with Crippen molar-refractivity contribution in [1.82, 2.24) is 0 Å². The Labute approximate surface area is 178 Å². The van der Waals surface area contributed by atoms with Crippen LogP contribution in [0.4, 0.5) is 11.4 Å². The molecule has 2 amide bonds. The molecular formula is C24H30N4O2. The van der Waals surface area contributed by atoms with Crippen molar-refractivity contribution >= 4 is 35.6 Å². The van der Waals surface area contributed by atoms with Crippen molar-refractivity contribution in [1.29, 1.82) is 0 Å². The first-order valence-electron chi connectivity index (χ1n) is 10.3. The van der Waals surface area contributed by atoms with Gasteiger partial charge in [0, 0.05) is 50.7 Å². The summed E-state index contributed by atoms with van der Waals surface area (Å²) >= 11 is 0. The van der Waals surface area contributed by atoms with Gasteiger partial charge in [-0.25, -0.2) is 0 Å². The van der Waals surface area contributed by atoms with Crippen molar-refractivity contribution in [3.63, 3.8) is 0 Å². The van der Waals surface area contributed by atoms with Crippen LogP contribution in [-0.4, -0.2) is 37.3 Å². The summed E-state index contributed by atoms with van der Waals surface area (Å²) in [5, 5.41) is 5.49. The van der Waals surface area contributed by atoms with Crippen LogP contribution in [0.15, 0.2) is 58.5 Å². The van der Waals surface area contributed by atoms with Gasteiger partial charge in [0.15, 0.2) is 0 Å². The quantitative estimate of drug-likeness (QED) is 0.419. The Bertz CT molecular complexity index is 782. The van der Waals surface area contributed by atoms with Gasteiger partial charge in [0.25, 0.3) is 0 Å². The molecule has 2 N–H and O–H groups in total. The molecule has 2 aromatic carbocycles. The number of hydrogen-bond donors (Lipinski definition) is 2. The van der Waals surface area contributed by atoms with Crippen molar-refractivity contribution in [2.75, 3.05) is 23.7 Å². The molecule has 0 fully saturated rings. The second-order valence-corrected chi connectivity index (χ2v) is 7.09. The van der Waals surface area contributed by atoms with E-state index in [1.807, 2.05) is 61.0 Å². The molecular weight excluding hydrogens is 376 g/mol. The molecule has 2 rings (SSSR count). The summed E-state index contributed by atoms with van der Waals surface area (Å²) in [4.78, 5) is 30.9. The lowest BCUT2D eigenvalue weighted by atomic mass is 10.2. The van der Waals surface area contributed by atoms with Crippen molar-refractivity contribution in [3.8, 4) is 0 Å². The SMILES string of the molecule is CC(=O)Nc1ccc(C=NCCCCCCN=Cc2ccc(NC(C)=O)cc2)cc1. The van der Waals surface area contributed by atoms with Crippen LogP contribution >= 0.6 is 0 Å². The van der Waals surface area contributed by atoms with Crippen molar-refractivity contribution in [2.24, 2.45) is 9.98 Å². The van der Waals surface area contributed by atoms with Crippen LogP contribution in [0.1, 0.15) is 50.7 Å². The summed E-state index contributed by atoms with van der Waals surface area (Å²) in [6.07, 6.45) is 8.15. The lowest BCUT2D eigenvalue weighted by Crippen LogP contribution is -2.05. The highest BCUT2D eigenvalue weighted by molar-refractivity contribution is 5.90. The van der Waals surface area contributed by atoms with Gasteiger partial charge in [-0.15, -0.1) is 0 Å². The molecule has 6 heteroatoms. The molecule has 0 heterocycles. The molecule has 0 aliphatic rings.